The maximum Gasteiger partial charge on any atom is 0.239 e. The van der Waals surface area contributed by atoms with Crippen molar-refractivity contribution >= 4 is 5.91 Å². The molecular formula is C10H11F2N5O. The second-order valence-corrected chi connectivity index (χ2v) is 3.42. The molecule has 0 saturated heterocycles. The third kappa shape index (κ3) is 3.69. The molecule has 1 rings (SSSR count). The number of rotatable bonds is 6. The molecule has 0 aliphatic carbocycles. The van der Waals surface area contributed by atoms with Gasteiger partial charge in [-0.15, -0.1) is 0 Å². The second kappa shape index (κ2) is 6.53. The number of halogens is 2. The molecule has 18 heavy (non-hydrogen) atoms. The molecule has 8 heteroatoms. The van der Waals surface area contributed by atoms with Crippen LogP contribution in [0.3, 0.4) is 0 Å². The smallest absolute Gasteiger partial charge is 0.239 e. The number of nitrogens with two attached hydrogens (primary N) is 1. The fourth-order valence-corrected chi connectivity index (χ4v) is 1.38. The van der Waals surface area contributed by atoms with Gasteiger partial charge in [0.15, 0.2) is 11.6 Å². The Kier molecular flexibility index (Phi) is 5.04. The van der Waals surface area contributed by atoms with Crippen molar-refractivity contribution in [1.29, 1.82) is 0 Å². The average Bonchev–Trinajstić information content (AvgIpc) is 2.32. The minimum atomic E-state index is -1.06. The van der Waals surface area contributed by atoms with Gasteiger partial charge in [0, 0.05) is 18.0 Å². The maximum absolute atomic E-state index is 13.0. The second-order valence-electron chi connectivity index (χ2n) is 3.42. The number of carbonyl (C=O) groups excluding carboxylic acids is 1. The predicted molar refractivity (Wildman–Crippen MR) is 60.3 cm³/mol. The molecule has 0 aliphatic heterocycles. The van der Waals surface area contributed by atoms with E-state index in [1.165, 1.54) is 6.07 Å². The number of amides is 1. The van der Waals surface area contributed by atoms with Crippen LogP contribution in [0, 0.1) is 11.6 Å². The average molecular weight is 255 g/mol. The molecule has 0 radical (unpaired) electrons. The molecule has 0 spiro atoms. The first-order valence-corrected chi connectivity index (χ1v) is 5.04. The summed E-state index contributed by atoms with van der Waals surface area (Å²) in [5.41, 5.74) is 13.4. The summed E-state index contributed by atoms with van der Waals surface area (Å²) in [7, 11) is 0. The van der Waals surface area contributed by atoms with Gasteiger partial charge in [0.1, 0.15) is 6.04 Å². The molecule has 0 aliphatic rings. The molecule has 0 bridgehead atoms. The third-order valence-corrected chi connectivity index (χ3v) is 2.19. The number of primary amides is 1. The number of nitrogens with one attached hydrogen (secondary N) is 1. The van der Waals surface area contributed by atoms with Crippen LogP contribution in [-0.2, 0) is 4.79 Å². The van der Waals surface area contributed by atoms with Crippen LogP contribution in [0.25, 0.3) is 10.4 Å². The zero-order valence-corrected chi connectivity index (χ0v) is 9.31. The zero-order chi connectivity index (χ0) is 13.5. The summed E-state index contributed by atoms with van der Waals surface area (Å²) >= 11 is 0. The Labute approximate surface area is 101 Å². The third-order valence-electron chi connectivity index (χ3n) is 2.19. The SMILES string of the molecule is [N-]=[N+]=NCCNC(C(N)=O)c1ccc(F)c(F)c1. The molecule has 0 fully saturated rings. The largest absolute Gasteiger partial charge is 0.368 e. The fraction of sp³-hybridized carbons (Fsp3) is 0.300. The van der Waals surface area contributed by atoms with E-state index in [-0.39, 0.29) is 18.7 Å². The number of hydrogen-bond acceptors (Lipinski definition) is 3. The first-order chi connectivity index (χ1) is 8.56. The quantitative estimate of drug-likeness (QED) is 0.347. The van der Waals surface area contributed by atoms with Crippen molar-refractivity contribution in [3.05, 3.63) is 45.8 Å². The van der Waals surface area contributed by atoms with E-state index in [1.54, 1.807) is 0 Å². The van der Waals surface area contributed by atoms with Crippen LogP contribution in [0.15, 0.2) is 23.3 Å². The van der Waals surface area contributed by atoms with Crippen molar-refractivity contribution in [1.82, 2.24) is 5.32 Å². The summed E-state index contributed by atoms with van der Waals surface area (Å²) in [6.07, 6.45) is 0. The van der Waals surface area contributed by atoms with Crippen molar-refractivity contribution in [2.24, 2.45) is 10.8 Å². The minimum absolute atomic E-state index is 0.115. The molecule has 96 valence electrons. The monoisotopic (exact) mass is 255 g/mol. The van der Waals surface area contributed by atoms with E-state index in [0.29, 0.717) is 0 Å². The van der Waals surface area contributed by atoms with E-state index in [0.717, 1.165) is 12.1 Å². The van der Waals surface area contributed by atoms with Crippen molar-refractivity contribution in [2.75, 3.05) is 13.1 Å². The Bertz CT molecular complexity index is 487. The lowest BCUT2D eigenvalue weighted by Crippen LogP contribution is -2.35. The van der Waals surface area contributed by atoms with Gasteiger partial charge < -0.3 is 11.1 Å². The van der Waals surface area contributed by atoms with Crippen molar-refractivity contribution in [2.45, 2.75) is 6.04 Å². The van der Waals surface area contributed by atoms with Crippen molar-refractivity contribution in [3.8, 4) is 0 Å². The summed E-state index contributed by atoms with van der Waals surface area (Å²) in [4.78, 5) is 13.7. The van der Waals surface area contributed by atoms with Gasteiger partial charge in [-0.2, -0.15) is 0 Å². The summed E-state index contributed by atoms with van der Waals surface area (Å²) in [5, 5.41) is 5.95. The number of nitrogens with zero attached hydrogens (tertiary/aromatic N) is 3. The maximum atomic E-state index is 13.0. The molecule has 1 aromatic carbocycles. The standard InChI is InChI=1S/C10H11F2N5O/c11-7-2-1-6(5-8(7)12)9(10(13)18)15-3-4-16-17-14/h1-2,5,9,15H,3-4H2,(H2,13,18). The molecule has 0 saturated carbocycles. The van der Waals surface area contributed by atoms with Crippen LogP contribution in [0.2, 0.25) is 0 Å². The van der Waals surface area contributed by atoms with Gasteiger partial charge in [-0.1, -0.05) is 11.2 Å². The number of benzene rings is 1. The highest BCUT2D eigenvalue weighted by Crippen LogP contribution is 2.16. The Balaban J connectivity index is 2.80. The highest BCUT2D eigenvalue weighted by molar-refractivity contribution is 5.81. The number of carbonyl (C=O) groups is 1. The van der Waals surface area contributed by atoms with E-state index in [4.69, 9.17) is 11.3 Å². The lowest BCUT2D eigenvalue weighted by atomic mass is 10.1. The molecule has 3 N–H and O–H groups in total. The van der Waals surface area contributed by atoms with E-state index in [9.17, 15) is 13.6 Å². The van der Waals surface area contributed by atoms with Crippen LogP contribution in [-0.4, -0.2) is 19.0 Å². The molecule has 6 nitrogen and oxygen atoms in total. The van der Waals surface area contributed by atoms with Gasteiger partial charge in [-0.25, -0.2) is 8.78 Å². The van der Waals surface area contributed by atoms with Crippen LogP contribution in [0.5, 0.6) is 0 Å². The van der Waals surface area contributed by atoms with Crippen LogP contribution in [0.4, 0.5) is 8.78 Å². The van der Waals surface area contributed by atoms with Gasteiger partial charge in [-0.3, -0.25) is 4.79 Å². The van der Waals surface area contributed by atoms with Gasteiger partial charge in [0.05, 0.1) is 0 Å². The predicted octanol–water partition coefficient (Wildman–Crippen LogP) is 1.39. The van der Waals surface area contributed by atoms with Gasteiger partial charge in [0.25, 0.3) is 0 Å². The summed E-state index contributed by atoms with van der Waals surface area (Å²) in [6, 6.07) is 2.10. The topological polar surface area (TPSA) is 104 Å². The molecule has 1 unspecified atom stereocenters. The van der Waals surface area contributed by atoms with Crippen LogP contribution in [0.1, 0.15) is 11.6 Å². The zero-order valence-electron chi connectivity index (χ0n) is 9.31. The number of azide groups is 1. The van der Waals surface area contributed by atoms with Crippen LogP contribution >= 0.6 is 0 Å². The van der Waals surface area contributed by atoms with E-state index in [2.05, 4.69) is 15.3 Å². The normalized spacial score (nSPS) is 11.7. The summed E-state index contributed by atoms with van der Waals surface area (Å²) < 4.78 is 25.8. The van der Waals surface area contributed by atoms with E-state index in [1.807, 2.05) is 0 Å². The molecule has 1 amide bonds. The highest BCUT2D eigenvalue weighted by Gasteiger charge is 2.18. The molecule has 1 atom stereocenters. The fourth-order valence-electron chi connectivity index (χ4n) is 1.38. The molecule has 0 heterocycles. The number of hydrogen-bond donors (Lipinski definition) is 2. The van der Waals surface area contributed by atoms with E-state index < -0.39 is 23.6 Å². The first-order valence-electron chi connectivity index (χ1n) is 5.04. The summed E-state index contributed by atoms with van der Waals surface area (Å²) in [5.74, 6) is -2.80. The highest BCUT2D eigenvalue weighted by atomic mass is 19.2. The Morgan fingerprint density at radius 3 is 2.78 bits per heavy atom. The first kappa shape index (κ1) is 13.9. The molecule has 0 aromatic heterocycles. The Morgan fingerprint density at radius 2 is 2.22 bits per heavy atom. The van der Waals surface area contributed by atoms with Crippen LogP contribution < -0.4 is 11.1 Å². The van der Waals surface area contributed by atoms with Crippen molar-refractivity contribution in [3.63, 3.8) is 0 Å². The Hall–Kier alpha value is -2.18. The molecule has 1 aromatic rings. The van der Waals surface area contributed by atoms with Crippen molar-refractivity contribution < 1.29 is 13.6 Å². The lowest BCUT2D eigenvalue weighted by molar-refractivity contribution is -0.120. The van der Waals surface area contributed by atoms with Gasteiger partial charge in [0.2, 0.25) is 5.91 Å². The molecular weight excluding hydrogens is 244 g/mol. The summed E-state index contributed by atoms with van der Waals surface area (Å²) in [6.45, 7) is 0.306. The van der Waals surface area contributed by atoms with Gasteiger partial charge in [-0.05, 0) is 23.2 Å². The lowest BCUT2D eigenvalue weighted by Gasteiger charge is -2.15. The van der Waals surface area contributed by atoms with E-state index >= 15 is 0 Å². The van der Waals surface area contributed by atoms with Gasteiger partial charge >= 0.3 is 0 Å². The Morgan fingerprint density at radius 1 is 1.50 bits per heavy atom. The minimum Gasteiger partial charge on any atom is -0.368 e.